The average Bonchev–Trinajstić information content (AvgIpc) is 2.38. The lowest BCUT2D eigenvalue weighted by Crippen LogP contribution is -2.60. The number of ether oxygens (including phenoxy) is 2. The number of methoxy groups -OCH3 is 1. The smallest absolute Gasteiger partial charge is 0.0615 e. The van der Waals surface area contributed by atoms with Crippen LogP contribution >= 0.6 is 0 Å². The van der Waals surface area contributed by atoms with Crippen LogP contribution in [0.2, 0.25) is 0 Å². The van der Waals surface area contributed by atoms with Crippen molar-refractivity contribution < 1.29 is 9.47 Å². The third-order valence-corrected chi connectivity index (χ3v) is 4.18. The molecule has 1 heterocycles. The minimum Gasteiger partial charge on any atom is -0.383 e. The molecule has 102 valence electrons. The Morgan fingerprint density at radius 2 is 2.29 bits per heavy atom. The topological polar surface area (TPSA) is 47.7 Å². The molecule has 4 nitrogen and oxygen atoms in total. The molecule has 0 bridgehead atoms. The van der Waals surface area contributed by atoms with Crippen LogP contribution < -0.4 is 5.73 Å². The highest BCUT2D eigenvalue weighted by atomic mass is 16.5. The van der Waals surface area contributed by atoms with Gasteiger partial charge < -0.3 is 15.2 Å². The van der Waals surface area contributed by atoms with Crippen molar-refractivity contribution >= 4 is 0 Å². The van der Waals surface area contributed by atoms with Gasteiger partial charge in [-0.2, -0.15) is 0 Å². The quantitative estimate of drug-likeness (QED) is 0.763. The Bertz CT molecular complexity index is 225. The summed E-state index contributed by atoms with van der Waals surface area (Å²) in [5, 5.41) is 0. The fourth-order valence-corrected chi connectivity index (χ4v) is 2.73. The summed E-state index contributed by atoms with van der Waals surface area (Å²) in [7, 11) is 3.91. The highest BCUT2D eigenvalue weighted by molar-refractivity contribution is 4.96. The minimum absolute atomic E-state index is 0.0802. The second kappa shape index (κ2) is 6.69. The molecule has 1 rings (SSSR count). The predicted molar refractivity (Wildman–Crippen MR) is 70.2 cm³/mol. The van der Waals surface area contributed by atoms with Gasteiger partial charge in [0.25, 0.3) is 0 Å². The number of nitrogens with zero attached hydrogens (tertiary/aromatic N) is 1. The Labute approximate surface area is 105 Å². The van der Waals surface area contributed by atoms with E-state index in [4.69, 9.17) is 15.2 Å². The largest absolute Gasteiger partial charge is 0.383 e. The zero-order chi connectivity index (χ0) is 12.9. The first-order valence-electron chi connectivity index (χ1n) is 6.63. The Balaban J connectivity index is 2.72. The molecule has 1 aliphatic heterocycles. The van der Waals surface area contributed by atoms with Crippen molar-refractivity contribution in [2.45, 2.75) is 50.8 Å². The van der Waals surface area contributed by atoms with E-state index < -0.39 is 0 Å². The molecule has 0 radical (unpaired) electrons. The maximum absolute atomic E-state index is 6.05. The third kappa shape index (κ3) is 3.41. The van der Waals surface area contributed by atoms with Crippen LogP contribution in [0, 0.1) is 0 Å². The maximum Gasteiger partial charge on any atom is 0.0615 e. The van der Waals surface area contributed by atoms with Gasteiger partial charge in [-0.1, -0.05) is 6.92 Å². The summed E-state index contributed by atoms with van der Waals surface area (Å²) >= 11 is 0. The Hall–Kier alpha value is -0.160. The Kier molecular flexibility index (Phi) is 5.86. The van der Waals surface area contributed by atoms with E-state index >= 15 is 0 Å². The number of rotatable bonds is 6. The van der Waals surface area contributed by atoms with Crippen LogP contribution in [0.5, 0.6) is 0 Å². The normalized spacial score (nSPS) is 31.8. The molecular formula is C13H28N2O2. The lowest BCUT2D eigenvalue weighted by Gasteiger charge is -2.48. The fourth-order valence-electron chi connectivity index (χ4n) is 2.73. The van der Waals surface area contributed by atoms with Crippen LogP contribution in [0.15, 0.2) is 0 Å². The zero-order valence-electron chi connectivity index (χ0n) is 11.7. The number of likely N-dealkylation sites (N-methyl/N-ethyl adjacent to an activating group) is 1. The van der Waals surface area contributed by atoms with Crippen molar-refractivity contribution in [3.8, 4) is 0 Å². The SMILES string of the molecule is CCC1CC(CN)(N(C)C(C)COC)CCO1. The van der Waals surface area contributed by atoms with Gasteiger partial charge in [-0.3, -0.25) is 4.90 Å². The second-order valence-electron chi connectivity index (χ2n) is 5.20. The van der Waals surface area contributed by atoms with E-state index in [1.54, 1.807) is 7.11 Å². The van der Waals surface area contributed by atoms with E-state index in [9.17, 15) is 0 Å². The molecule has 0 saturated carbocycles. The summed E-state index contributed by atoms with van der Waals surface area (Å²) in [5.74, 6) is 0. The molecule has 0 aliphatic carbocycles. The molecule has 0 aromatic rings. The first-order chi connectivity index (χ1) is 8.09. The molecule has 0 aromatic heterocycles. The van der Waals surface area contributed by atoms with Crippen molar-refractivity contribution in [2.75, 3.05) is 33.9 Å². The molecule has 0 aromatic carbocycles. The summed E-state index contributed by atoms with van der Waals surface area (Å²) in [4.78, 5) is 2.39. The molecule has 0 amide bonds. The van der Waals surface area contributed by atoms with Gasteiger partial charge in [0.15, 0.2) is 0 Å². The zero-order valence-corrected chi connectivity index (χ0v) is 11.7. The molecule has 0 spiro atoms. The van der Waals surface area contributed by atoms with Crippen molar-refractivity contribution in [3.63, 3.8) is 0 Å². The lowest BCUT2D eigenvalue weighted by atomic mass is 9.83. The van der Waals surface area contributed by atoms with E-state index in [0.29, 0.717) is 18.7 Å². The van der Waals surface area contributed by atoms with E-state index in [-0.39, 0.29) is 5.54 Å². The van der Waals surface area contributed by atoms with Gasteiger partial charge in [-0.15, -0.1) is 0 Å². The molecule has 17 heavy (non-hydrogen) atoms. The van der Waals surface area contributed by atoms with Gasteiger partial charge >= 0.3 is 0 Å². The Morgan fingerprint density at radius 3 is 2.82 bits per heavy atom. The highest BCUT2D eigenvalue weighted by Gasteiger charge is 2.40. The lowest BCUT2D eigenvalue weighted by molar-refractivity contribution is -0.0805. The molecule has 3 unspecified atom stereocenters. The van der Waals surface area contributed by atoms with Crippen LogP contribution in [0.1, 0.15) is 33.1 Å². The second-order valence-corrected chi connectivity index (χ2v) is 5.20. The molecule has 1 fully saturated rings. The first-order valence-corrected chi connectivity index (χ1v) is 6.63. The van der Waals surface area contributed by atoms with E-state index in [1.165, 1.54) is 0 Å². The number of hydrogen-bond donors (Lipinski definition) is 1. The maximum atomic E-state index is 6.05. The van der Waals surface area contributed by atoms with Gasteiger partial charge in [0.2, 0.25) is 0 Å². The molecule has 2 N–H and O–H groups in total. The minimum atomic E-state index is 0.0802. The monoisotopic (exact) mass is 244 g/mol. The van der Waals surface area contributed by atoms with Crippen LogP contribution in [0.4, 0.5) is 0 Å². The number of nitrogens with two attached hydrogens (primary N) is 1. The van der Waals surface area contributed by atoms with Crippen LogP contribution in [0.3, 0.4) is 0 Å². The highest BCUT2D eigenvalue weighted by Crippen LogP contribution is 2.31. The summed E-state index contributed by atoms with van der Waals surface area (Å²) in [6, 6.07) is 0.388. The summed E-state index contributed by atoms with van der Waals surface area (Å²) < 4.78 is 11.0. The summed E-state index contributed by atoms with van der Waals surface area (Å²) in [5.41, 5.74) is 6.13. The standard InChI is InChI=1S/C13H28N2O2/c1-5-12-8-13(10-14,6-7-17-12)15(3)11(2)9-16-4/h11-12H,5-10,14H2,1-4H3. The van der Waals surface area contributed by atoms with Crippen molar-refractivity contribution in [2.24, 2.45) is 5.73 Å². The van der Waals surface area contributed by atoms with Gasteiger partial charge in [-0.05, 0) is 33.2 Å². The van der Waals surface area contributed by atoms with E-state index in [0.717, 1.165) is 32.5 Å². The van der Waals surface area contributed by atoms with Crippen LogP contribution in [-0.4, -0.2) is 56.5 Å². The van der Waals surface area contributed by atoms with Crippen LogP contribution in [-0.2, 0) is 9.47 Å². The molecule has 1 saturated heterocycles. The fraction of sp³-hybridized carbons (Fsp3) is 1.00. The van der Waals surface area contributed by atoms with Crippen molar-refractivity contribution in [3.05, 3.63) is 0 Å². The summed E-state index contributed by atoms with van der Waals surface area (Å²) in [6.07, 6.45) is 3.47. The molecule has 1 aliphatic rings. The predicted octanol–water partition coefficient (Wildman–Crippen LogP) is 1.24. The van der Waals surface area contributed by atoms with Gasteiger partial charge in [-0.25, -0.2) is 0 Å². The average molecular weight is 244 g/mol. The number of hydrogen-bond acceptors (Lipinski definition) is 4. The van der Waals surface area contributed by atoms with E-state index in [1.807, 2.05) is 0 Å². The molecule has 3 atom stereocenters. The van der Waals surface area contributed by atoms with E-state index in [2.05, 4.69) is 25.8 Å². The van der Waals surface area contributed by atoms with Crippen LogP contribution in [0.25, 0.3) is 0 Å². The van der Waals surface area contributed by atoms with Gasteiger partial charge in [0, 0.05) is 31.8 Å². The van der Waals surface area contributed by atoms with Crippen molar-refractivity contribution in [1.29, 1.82) is 0 Å². The molecule has 4 heteroatoms. The summed E-state index contributed by atoms with van der Waals surface area (Å²) in [6.45, 7) is 6.63. The first kappa shape index (κ1) is 14.9. The van der Waals surface area contributed by atoms with Crippen molar-refractivity contribution in [1.82, 2.24) is 4.90 Å². The third-order valence-electron chi connectivity index (χ3n) is 4.18. The van der Waals surface area contributed by atoms with Gasteiger partial charge in [0.05, 0.1) is 12.7 Å². The van der Waals surface area contributed by atoms with Gasteiger partial charge in [0.1, 0.15) is 0 Å². The Morgan fingerprint density at radius 1 is 1.59 bits per heavy atom. The molecular weight excluding hydrogens is 216 g/mol.